The van der Waals surface area contributed by atoms with E-state index in [0.717, 1.165) is 28.0 Å². The molecule has 20 heavy (non-hydrogen) atoms. The molecule has 0 spiro atoms. The molecule has 7 heteroatoms. The number of aldehydes is 1. The molecule has 1 saturated heterocycles. The van der Waals surface area contributed by atoms with Gasteiger partial charge in [-0.25, -0.2) is 0 Å². The minimum Gasteiger partial charge on any atom is -0.303 e. The Labute approximate surface area is 116 Å². The second-order valence-corrected chi connectivity index (χ2v) is 3.94. The van der Waals surface area contributed by atoms with E-state index in [2.05, 4.69) is 19.7 Å². The lowest BCUT2D eigenvalue weighted by Gasteiger charge is -2.45. The van der Waals surface area contributed by atoms with E-state index < -0.39 is 23.9 Å². The molecular weight excluding hydrogens is 262 g/mol. The van der Waals surface area contributed by atoms with Crippen molar-refractivity contribution < 1.29 is 19.2 Å². The molecule has 0 saturated carbocycles. The zero-order chi connectivity index (χ0) is 15.3. The maximum absolute atomic E-state index is 11.8. The van der Waals surface area contributed by atoms with Crippen LogP contribution in [0.25, 0.3) is 0 Å². The third-order valence-electron chi connectivity index (χ3n) is 2.81. The number of hydrogen-bond donors (Lipinski definition) is 0. The quantitative estimate of drug-likeness (QED) is 0.512. The van der Waals surface area contributed by atoms with E-state index in [4.69, 9.17) is 0 Å². The Morgan fingerprint density at radius 1 is 0.850 bits per heavy atom. The van der Waals surface area contributed by atoms with Crippen molar-refractivity contribution in [3.8, 4) is 0 Å². The van der Waals surface area contributed by atoms with Crippen LogP contribution in [0.3, 0.4) is 0 Å². The molecule has 3 amide bonds. The van der Waals surface area contributed by atoms with E-state index >= 15 is 0 Å². The van der Waals surface area contributed by atoms with Gasteiger partial charge in [-0.15, -0.1) is 0 Å². The number of hydrogen-bond acceptors (Lipinski definition) is 4. The first-order valence-electron chi connectivity index (χ1n) is 5.72. The van der Waals surface area contributed by atoms with Crippen LogP contribution in [-0.2, 0) is 19.2 Å². The average molecular weight is 277 g/mol. The third kappa shape index (κ3) is 2.82. The van der Waals surface area contributed by atoms with Crippen LogP contribution >= 0.6 is 0 Å². The maximum Gasteiger partial charge on any atom is 0.249 e. The highest BCUT2D eigenvalue weighted by molar-refractivity contribution is 5.94. The Morgan fingerprint density at radius 3 is 1.55 bits per heavy atom. The lowest BCUT2D eigenvalue weighted by Crippen LogP contribution is -2.65. The van der Waals surface area contributed by atoms with Gasteiger partial charge in [0.1, 0.15) is 13.3 Å². The lowest BCUT2D eigenvalue weighted by atomic mass is 10.3. The van der Waals surface area contributed by atoms with E-state index in [1.165, 1.54) is 4.90 Å². The summed E-state index contributed by atoms with van der Waals surface area (Å²) in [6, 6.07) is 0. The van der Waals surface area contributed by atoms with Crippen molar-refractivity contribution in [3.05, 3.63) is 38.0 Å². The summed E-state index contributed by atoms with van der Waals surface area (Å²) in [5.41, 5.74) is 0. The number of rotatable bonds is 4. The highest BCUT2D eigenvalue weighted by atomic mass is 16.2. The minimum absolute atomic E-state index is 0.125. The SMILES string of the molecule is C=CC(=O)N1CN(C(=O)C=C)C(C=O)N(C(=O)C=C)C1. The molecule has 0 radical (unpaired) electrons. The van der Waals surface area contributed by atoms with E-state index in [1.54, 1.807) is 0 Å². The number of carbonyl (C=O) groups is 4. The smallest absolute Gasteiger partial charge is 0.249 e. The zero-order valence-corrected chi connectivity index (χ0v) is 10.9. The fourth-order valence-corrected chi connectivity index (χ4v) is 1.80. The molecule has 0 unspecified atom stereocenters. The van der Waals surface area contributed by atoms with Gasteiger partial charge in [-0.1, -0.05) is 19.7 Å². The normalized spacial score (nSPS) is 15.5. The standard InChI is InChI=1S/C13H15N3O4/c1-4-11(18)14-8-15(12(19)5-2)10(7-17)16(9-14)13(20)6-3/h4-7,10H,1-3,8-9H2. The summed E-state index contributed by atoms with van der Waals surface area (Å²) >= 11 is 0. The summed E-state index contributed by atoms with van der Waals surface area (Å²) in [6.07, 6.45) is 2.44. The summed E-state index contributed by atoms with van der Waals surface area (Å²) < 4.78 is 0. The molecule has 1 heterocycles. The second-order valence-electron chi connectivity index (χ2n) is 3.94. The first-order chi connectivity index (χ1) is 9.49. The van der Waals surface area contributed by atoms with Gasteiger partial charge in [-0.3, -0.25) is 29.0 Å². The van der Waals surface area contributed by atoms with Crippen LogP contribution < -0.4 is 0 Å². The monoisotopic (exact) mass is 277 g/mol. The van der Waals surface area contributed by atoms with Crippen LogP contribution in [0.5, 0.6) is 0 Å². The molecule has 0 aliphatic carbocycles. The van der Waals surface area contributed by atoms with Crippen molar-refractivity contribution in [2.75, 3.05) is 13.3 Å². The van der Waals surface area contributed by atoms with Gasteiger partial charge in [-0.05, 0) is 18.2 Å². The van der Waals surface area contributed by atoms with Crippen molar-refractivity contribution in [1.82, 2.24) is 14.7 Å². The molecule has 0 aromatic rings. The van der Waals surface area contributed by atoms with Crippen molar-refractivity contribution >= 4 is 24.0 Å². The Balaban J connectivity index is 3.17. The number of nitrogens with zero attached hydrogens (tertiary/aromatic N) is 3. The molecule has 106 valence electrons. The number of carbonyl (C=O) groups excluding carboxylic acids is 4. The molecule has 1 aliphatic rings. The van der Waals surface area contributed by atoms with E-state index in [0.29, 0.717) is 6.29 Å². The van der Waals surface area contributed by atoms with Crippen LogP contribution in [0.15, 0.2) is 38.0 Å². The fourth-order valence-electron chi connectivity index (χ4n) is 1.80. The Morgan fingerprint density at radius 2 is 1.25 bits per heavy atom. The first kappa shape index (κ1) is 15.4. The van der Waals surface area contributed by atoms with Crippen LogP contribution in [0, 0.1) is 0 Å². The van der Waals surface area contributed by atoms with Gasteiger partial charge in [0.25, 0.3) is 0 Å². The Kier molecular flexibility index (Phi) is 4.96. The predicted molar refractivity (Wildman–Crippen MR) is 70.7 cm³/mol. The van der Waals surface area contributed by atoms with E-state index in [-0.39, 0.29) is 13.3 Å². The van der Waals surface area contributed by atoms with Gasteiger partial charge in [0.15, 0.2) is 12.5 Å². The largest absolute Gasteiger partial charge is 0.303 e. The topological polar surface area (TPSA) is 78.0 Å². The fraction of sp³-hybridized carbons (Fsp3) is 0.231. The first-order valence-corrected chi connectivity index (χ1v) is 5.72. The van der Waals surface area contributed by atoms with Crippen LogP contribution in [-0.4, -0.2) is 58.2 Å². The molecule has 1 rings (SSSR count). The predicted octanol–water partition coefficient (Wildman–Crippen LogP) is -0.516. The van der Waals surface area contributed by atoms with Crippen molar-refractivity contribution in [2.45, 2.75) is 6.17 Å². The average Bonchev–Trinajstić information content (AvgIpc) is 2.50. The zero-order valence-electron chi connectivity index (χ0n) is 10.9. The van der Waals surface area contributed by atoms with Crippen LogP contribution in [0.2, 0.25) is 0 Å². The van der Waals surface area contributed by atoms with Crippen molar-refractivity contribution in [3.63, 3.8) is 0 Å². The molecule has 1 aliphatic heterocycles. The second kappa shape index (κ2) is 6.46. The molecule has 0 atom stereocenters. The van der Waals surface area contributed by atoms with Crippen LogP contribution in [0.4, 0.5) is 0 Å². The lowest BCUT2D eigenvalue weighted by molar-refractivity contribution is -0.164. The Bertz CT molecular complexity index is 456. The number of amides is 3. The van der Waals surface area contributed by atoms with Crippen molar-refractivity contribution in [1.29, 1.82) is 0 Å². The molecule has 1 fully saturated rings. The van der Waals surface area contributed by atoms with Gasteiger partial charge in [-0.2, -0.15) is 0 Å². The van der Waals surface area contributed by atoms with Gasteiger partial charge in [0, 0.05) is 0 Å². The highest BCUT2D eigenvalue weighted by Gasteiger charge is 2.37. The van der Waals surface area contributed by atoms with E-state index in [1.807, 2.05) is 0 Å². The summed E-state index contributed by atoms with van der Waals surface area (Å²) in [5.74, 6) is -1.59. The summed E-state index contributed by atoms with van der Waals surface area (Å²) in [6.45, 7) is 9.76. The van der Waals surface area contributed by atoms with Gasteiger partial charge >= 0.3 is 0 Å². The maximum atomic E-state index is 11.8. The Hall–Kier alpha value is -2.70. The van der Waals surface area contributed by atoms with Crippen molar-refractivity contribution in [2.24, 2.45) is 0 Å². The summed E-state index contributed by atoms with van der Waals surface area (Å²) in [4.78, 5) is 49.7. The highest BCUT2D eigenvalue weighted by Crippen LogP contribution is 2.15. The molecule has 0 bridgehead atoms. The van der Waals surface area contributed by atoms with Gasteiger partial charge in [0.05, 0.1) is 0 Å². The molecule has 0 aromatic heterocycles. The van der Waals surface area contributed by atoms with Gasteiger partial charge in [0.2, 0.25) is 17.7 Å². The van der Waals surface area contributed by atoms with Crippen LogP contribution in [0.1, 0.15) is 0 Å². The molecule has 7 nitrogen and oxygen atoms in total. The van der Waals surface area contributed by atoms with E-state index in [9.17, 15) is 19.2 Å². The summed E-state index contributed by atoms with van der Waals surface area (Å²) in [5, 5.41) is 0. The van der Waals surface area contributed by atoms with Gasteiger partial charge < -0.3 is 4.90 Å². The molecule has 0 N–H and O–H groups in total. The molecular formula is C13H15N3O4. The third-order valence-corrected chi connectivity index (χ3v) is 2.81. The molecule has 0 aromatic carbocycles. The minimum atomic E-state index is -1.10. The summed E-state index contributed by atoms with van der Waals surface area (Å²) in [7, 11) is 0.